The average molecular weight is 470 g/mol. The van der Waals surface area contributed by atoms with Crippen LogP contribution >= 0.6 is 0 Å². The number of hydrogen-bond acceptors (Lipinski definition) is 9. The van der Waals surface area contributed by atoms with E-state index in [1.807, 2.05) is 4.90 Å². The van der Waals surface area contributed by atoms with Crippen LogP contribution in [0.25, 0.3) is 0 Å². The van der Waals surface area contributed by atoms with E-state index in [2.05, 4.69) is 9.97 Å². The van der Waals surface area contributed by atoms with Crippen molar-refractivity contribution in [3.8, 4) is 5.88 Å². The molecule has 1 atom stereocenters. The maximum Gasteiger partial charge on any atom is 0.410 e. The highest BCUT2D eigenvalue weighted by Gasteiger charge is 2.28. The number of nitrogens with zero attached hydrogens (tertiary/aromatic N) is 5. The normalized spacial score (nSPS) is 23.3. The Balaban J connectivity index is 1.17. The molecular weight excluding hydrogens is 438 g/mol. The summed E-state index contributed by atoms with van der Waals surface area (Å²) in [5.74, 6) is 1.52. The van der Waals surface area contributed by atoms with Gasteiger partial charge in [0.25, 0.3) is 0 Å². The predicted octanol–water partition coefficient (Wildman–Crippen LogP) is 0.575. The van der Waals surface area contributed by atoms with Crippen LogP contribution in [0.15, 0.2) is 12.4 Å². The molecule has 3 aliphatic heterocycles. The lowest BCUT2D eigenvalue weighted by Crippen LogP contribution is -2.48. The van der Waals surface area contributed by atoms with E-state index in [-0.39, 0.29) is 12.2 Å². The van der Waals surface area contributed by atoms with Crippen molar-refractivity contribution < 1.29 is 27.4 Å². The molecule has 4 rings (SSSR count). The topological polar surface area (TPSA) is 114 Å². The number of amides is 1. The number of anilines is 1. The standard InChI is InChI=1S/C20H31N5O6S/c1-32(27,28)25-9-7-23(8-10-25)18-12-22-19(13-21-18)30-14-16-2-5-24(6-3-16)20(26)31-17-4-11-29-15-17/h12-13,16-17H,2-11,14-15H2,1H3/t17-/m1/s1. The van der Waals surface area contributed by atoms with Gasteiger partial charge in [0.15, 0.2) is 0 Å². The molecule has 0 bridgehead atoms. The highest BCUT2D eigenvalue weighted by molar-refractivity contribution is 7.88. The van der Waals surface area contributed by atoms with E-state index >= 15 is 0 Å². The van der Waals surface area contributed by atoms with Crippen molar-refractivity contribution in [1.82, 2.24) is 19.2 Å². The molecule has 0 spiro atoms. The summed E-state index contributed by atoms with van der Waals surface area (Å²) in [5, 5.41) is 0. The molecule has 3 saturated heterocycles. The Kier molecular flexibility index (Phi) is 7.31. The first-order valence-corrected chi connectivity index (χ1v) is 12.9. The van der Waals surface area contributed by atoms with E-state index in [1.165, 1.54) is 10.6 Å². The van der Waals surface area contributed by atoms with Crippen LogP contribution in [0.2, 0.25) is 0 Å². The van der Waals surface area contributed by atoms with Crippen LogP contribution in [-0.2, 0) is 19.5 Å². The third-order valence-electron chi connectivity index (χ3n) is 6.14. The van der Waals surface area contributed by atoms with Crippen LogP contribution in [0.1, 0.15) is 19.3 Å². The molecule has 0 radical (unpaired) electrons. The Morgan fingerprint density at radius 3 is 2.44 bits per heavy atom. The molecule has 11 nitrogen and oxygen atoms in total. The van der Waals surface area contributed by atoms with Gasteiger partial charge in [0.05, 0.1) is 38.5 Å². The largest absolute Gasteiger partial charge is 0.476 e. The first kappa shape index (κ1) is 23.0. The molecule has 3 fully saturated rings. The van der Waals surface area contributed by atoms with Crippen molar-refractivity contribution in [3.63, 3.8) is 0 Å². The number of carbonyl (C=O) groups is 1. The number of carbonyl (C=O) groups excluding carboxylic acids is 1. The first-order valence-electron chi connectivity index (χ1n) is 11.1. The molecule has 12 heteroatoms. The number of likely N-dealkylation sites (tertiary alicyclic amines) is 1. The molecule has 1 aromatic rings. The Bertz CT molecular complexity index is 861. The second-order valence-electron chi connectivity index (χ2n) is 8.47. The van der Waals surface area contributed by atoms with E-state index in [1.54, 1.807) is 17.3 Å². The molecule has 178 valence electrons. The molecule has 32 heavy (non-hydrogen) atoms. The maximum absolute atomic E-state index is 12.2. The summed E-state index contributed by atoms with van der Waals surface area (Å²) in [5.41, 5.74) is 0. The average Bonchev–Trinajstić information content (AvgIpc) is 3.31. The van der Waals surface area contributed by atoms with Crippen molar-refractivity contribution in [2.45, 2.75) is 25.4 Å². The van der Waals surface area contributed by atoms with Gasteiger partial charge in [-0.3, -0.25) is 0 Å². The fraction of sp³-hybridized carbons (Fsp3) is 0.750. The summed E-state index contributed by atoms with van der Waals surface area (Å²) < 4.78 is 41.3. The lowest BCUT2D eigenvalue weighted by Gasteiger charge is -2.33. The Morgan fingerprint density at radius 2 is 1.84 bits per heavy atom. The lowest BCUT2D eigenvalue weighted by molar-refractivity contribution is 0.0432. The minimum absolute atomic E-state index is 0.117. The zero-order valence-electron chi connectivity index (χ0n) is 18.4. The summed E-state index contributed by atoms with van der Waals surface area (Å²) in [6, 6.07) is 0. The summed E-state index contributed by atoms with van der Waals surface area (Å²) in [4.78, 5) is 24.8. The van der Waals surface area contributed by atoms with E-state index < -0.39 is 10.0 Å². The Morgan fingerprint density at radius 1 is 1.09 bits per heavy atom. The highest BCUT2D eigenvalue weighted by atomic mass is 32.2. The molecular formula is C20H31N5O6S. The molecule has 0 N–H and O–H groups in total. The maximum atomic E-state index is 12.2. The molecule has 0 aliphatic carbocycles. The second-order valence-corrected chi connectivity index (χ2v) is 10.5. The van der Waals surface area contributed by atoms with Gasteiger partial charge in [-0.2, -0.15) is 4.31 Å². The monoisotopic (exact) mass is 469 g/mol. The van der Waals surface area contributed by atoms with Gasteiger partial charge >= 0.3 is 6.09 Å². The van der Waals surface area contributed by atoms with Crippen molar-refractivity contribution in [3.05, 3.63) is 12.4 Å². The Labute approximate surface area is 188 Å². The third-order valence-corrected chi connectivity index (χ3v) is 7.44. The van der Waals surface area contributed by atoms with Crippen molar-refractivity contribution in [1.29, 1.82) is 0 Å². The van der Waals surface area contributed by atoms with Crippen LogP contribution in [0.3, 0.4) is 0 Å². The lowest BCUT2D eigenvalue weighted by atomic mass is 9.98. The van der Waals surface area contributed by atoms with Gasteiger partial charge in [-0.05, 0) is 18.8 Å². The predicted molar refractivity (Wildman–Crippen MR) is 116 cm³/mol. The quantitative estimate of drug-likeness (QED) is 0.590. The van der Waals surface area contributed by atoms with Gasteiger partial charge in [-0.25, -0.2) is 23.2 Å². The highest BCUT2D eigenvalue weighted by Crippen LogP contribution is 2.21. The number of hydrogen-bond donors (Lipinski definition) is 0. The molecule has 4 heterocycles. The summed E-state index contributed by atoms with van der Waals surface area (Å²) in [6.07, 6.45) is 6.61. The van der Waals surface area contributed by atoms with Crippen LogP contribution in [0, 0.1) is 5.92 Å². The minimum atomic E-state index is -3.15. The van der Waals surface area contributed by atoms with Gasteiger partial charge in [-0.15, -0.1) is 0 Å². The number of piperazine rings is 1. The van der Waals surface area contributed by atoms with Gasteiger partial charge in [-0.1, -0.05) is 0 Å². The van der Waals surface area contributed by atoms with Crippen LogP contribution in [0.5, 0.6) is 5.88 Å². The van der Waals surface area contributed by atoms with E-state index in [0.29, 0.717) is 76.7 Å². The minimum Gasteiger partial charge on any atom is -0.476 e. The number of sulfonamides is 1. The molecule has 0 unspecified atom stereocenters. The summed E-state index contributed by atoms with van der Waals surface area (Å²) >= 11 is 0. The van der Waals surface area contributed by atoms with Crippen molar-refractivity contribution in [2.24, 2.45) is 5.92 Å². The van der Waals surface area contributed by atoms with Gasteiger partial charge in [0.2, 0.25) is 15.9 Å². The second kappa shape index (κ2) is 10.2. The van der Waals surface area contributed by atoms with Crippen LogP contribution in [0.4, 0.5) is 10.6 Å². The molecule has 0 aromatic carbocycles. The SMILES string of the molecule is CS(=O)(=O)N1CCN(c2cnc(OCC3CCN(C(=O)O[C@@H]4CCOC4)CC3)cn2)CC1. The Hall–Kier alpha value is -2.18. The fourth-order valence-electron chi connectivity index (χ4n) is 4.10. The molecule has 0 saturated carbocycles. The van der Waals surface area contributed by atoms with Gasteiger partial charge < -0.3 is 24.0 Å². The zero-order valence-corrected chi connectivity index (χ0v) is 19.2. The molecule has 3 aliphatic rings. The fourth-order valence-corrected chi connectivity index (χ4v) is 4.93. The first-order chi connectivity index (χ1) is 15.4. The number of aromatic nitrogens is 2. The summed E-state index contributed by atoms with van der Waals surface area (Å²) in [7, 11) is -3.15. The van der Waals surface area contributed by atoms with Crippen molar-refractivity contribution >= 4 is 21.9 Å². The zero-order chi connectivity index (χ0) is 22.6. The van der Waals surface area contributed by atoms with E-state index in [4.69, 9.17) is 14.2 Å². The van der Waals surface area contributed by atoms with Crippen molar-refractivity contribution in [2.75, 3.05) is 70.2 Å². The number of piperidine rings is 1. The molecule has 1 aromatic heterocycles. The van der Waals surface area contributed by atoms with E-state index in [0.717, 1.165) is 19.3 Å². The van der Waals surface area contributed by atoms with Crippen LogP contribution in [-0.4, -0.2) is 105 Å². The summed E-state index contributed by atoms with van der Waals surface area (Å²) in [6.45, 7) is 5.04. The number of rotatable bonds is 6. The third kappa shape index (κ3) is 5.99. The smallest absolute Gasteiger partial charge is 0.410 e. The van der Waals surface area contributed by atoms with Gasteiger partial charge in [0, 0.05) is 45.7 Å². The molecule has 1 amide bonds. The van der Waals surface area contributed by atoms with Gasteiger partial charge in [0.1, 0.15) is 11.9 Å². The number of ether oxygens (including phenoxy) is 3. The van der Waals surface area contributed by atoms with E-state index in [9.17, 15) is 13.2 Å². The van der Waals surface area contributed by atoms with Crippen LogP contribution < -0.4 is 9.64 Å².